The van der Waals surface area contributed by atoms with Crippen molar-refractivity contribution in [3.8, 4) is 0 Å². The highest BCUT2D eigenvalue weighted by Gasteiger charge is 2.29. The first-order valence-electron chi connectivity index (χ1n) is 7.03. The monoisotopic (exact) mass is 291 g/mol. The van der Waals surface area contributed by atoms with Gasteiger partial charge in [0.1, 0.15) is 6.61 Å². The minimum Gasteiger partial charge on any atom is -0.375 e. The van der Waals surface area contributed by atoms with Crippen LogP contribution >= 0.6 is 0 Å². The first kappa shape index (κ1) is 15.5. The van der Waals surface area contributed by atoms with Crippen LogP contribution in [0, 0.1) is 5.92 Å². The van der Waals surface area contributed by atoms with Crippen molar-refractivity contribution in [2.24, 2.45) is 11.7 Å². The van der Waals surface area contributed by atoms with Crippen LogP contribution in [-0.4, -0.2) is 31.6 Å². The van der Waals surface area contributed by atoms with Gasteiger partial charge < -0.3 is 21.1 Å². The van der Waals surface area contributed by atoms with Gasteiger partial charge in [-0.3, -0.25) is 9.59 Å². The Morgan fingerprint density at radius 1 is 1.19 bits per heavy atom. The molecule has 1 atom stereocenters. The number of anilines is 2. The van der Waals surface area contributed by atoms with Crippen molar-refractivity contribution in [1.29, 1.82) is 0 Å². The van der Waals surface area contributed by atoms with Crippen LogP contribution in [0.4, 0.5) is 11.4 Å². The molecular weight excluding hydrogens is 270 g/mol. The van der Waals surface area contributed by atoms with Crippen LogP contribution in [0.15, 0.2) is 24.3 Å². The number of hydrogen-bond donors (Lipinski definition) is 3. The van der Waals surface area contributed by atoms with Crippen molar-refractivity contribution in [1.82, 2.24) is 0 Å². The standard InChI is InChI=1S/C15H21N3O3/c1-21-9-15(20)18-12-6-4-11(5-7-12)17-14(19)8-13(16)10-2-3-10/h4-7,10,13H,2-3,8-9,16H2,1H3,(H,17,19)(H,18,20). The van der Waals surface area contributed by atoms with E-state index in [9.17, 15) is 9.59 Å². The summed E-state index contributed by atoms with van der Waals surface area (Å²) >= 11 is 0. The van der Waals surface area contributed by atoms with Gasteiger partial charge in [0.05, 0.1) is 0 Å². The molecule has 0 bridgehead atoms. The summed E-state index contributed by atoms with van der Waals surface area (Å²) in [6, 6.07) is 6.89. The van der Waals surface area contributed by atoms with Crippen LogP contribution < -0.4 is 16.4 Å². The largest absolute Gasteiger partial charge is 0.375 e. The van der Waals surface area contributed by atoms with Crippen molar-refractivity contribution < 1.29 is 14.3 Å². The maximum Gasteiger partial charge on any atom is 0.250 e. The average molecular weight is 291 g/mol. The van der Waals surface area contributed by atoms with Crippen LogP contribution in [0.5, 0.6) is 0 Å². The maximum atomic E-state index is 11.8. The zero-order valence-corrected chi connectivity index (χ0v) is 12.1. The van der Waals surface area contributed by atoms with Crippen LogP contribution in [0.1, 0.15) is 19.3 Å². The predicted octanol–water partition coefficient (Wildman–Crippen LogP) is 1.34. The van der Waals surface area contributed by atoms with Crippen LogP contribution in [0.2, 0.25) is 0 Å². The fourth-order valence-corrected chi connectivity index (χ4v) is 2.08. The van der Waals surface area contributed by atoms with Gasteiger partial charge in [-0.25, -0.2) is 0 Å². The maximum absolute atomic E-state index is 11.8. The fraction of sp³-hybridized carbons (Fsp3) is 0.467. The van der Waals surface area contributed by atoms with E-state index >= 15 is 0 Å². The number of carbonyl (C=O) groups is 2. The molecule has 114 valence electrons. The van der Waals surface area contributed by atoms with E-state index in [-0.39, 0.29) is 24.5 Å². The lowest BCUT2D eigenvalue weighted by Gasteiger charge is -2.11. The molecule has 6 nitrogen and oxygen atoms in total. The van der Waals surface area contributed by atoms with Crippen molar-refractivity contribution in [3.63, 3.8) is 0 Å². The first-order valence-corrected chi connectivity index (χ1v) is 7.03. The summed E-state index contributed by atoms with van der Waals surface area (Å²) in [7, 11) is 1.46. The minimum atomic E-state index is -0.218. The normalized spacial score (nSPS) is 15.3. The van der Waals surface area contributed by atoms with Crippen molar-refractivity contribution in [2.75, 3.05) is 24.4 Å². The second-order valence-electron chi connectivity index (χ2n) is 5.31. The van der Waals surface area contributed by atoms with Crippen LogP contribution in [-0.2, 0) is 14.3 Å². The summed E-state index contributed by atoms with van der Waals surface area (Å²) in [5.74, 6) is 0.212. The average Bonchev–Trinajstić information content (AvgIpc) is 3.25. The van der Waals surface area contributed by atoms with E-state index in [4.69, 9.17) is 10.5 Å². The Morgan fingerprint density at radius 3 is 2.19 bits per heavy atom. The molecule has 0 heterocycles. The molecule has 1 aliphatic rings. The van der Waals surface area contributed by atoms with Gasteiger partial charge in [-0.1, -0.05) is 0 Å². The first-order chi connectivity index (χ1) is 10.1. The summed E-state index contributed by atoms with van der Waals surface area (Å²) in [4.78, 5) is 23.2. The molecule has 1 aromatic rings. The molecule has 1 unspecified atom stereocenters. The molecule has 6 heteroatoms. The molecule has 2 amide bonds. The van der Waals surface area contributed by atoms with E-state index in [0.717, 1.165) is 12.8 Å². The smallest absolute Gasteiger partial charge is 0.250 e. The SMILES string of the molecule is COCC(=O)Nc1ccc(NC(=O)CC(N)C2CC2)cc1. The number of carbonyl (C=O) groups excluding carboxylic acids is 2. The van der Waals surface area contributed by atoms with Gasteiger partial charge in [0.15, 0.2) is 0 Å². The summed E-state index contributed by atoms with van der Waals surface area (Å²) in [5.41, 5.74) is 7.27. The molecule has 0 aromatic heterocycles. The molecule has 1 aromatic carbocycles. The Hall–Kier alpha value is -1.92. The van der Waals surface area contributed by atoms with Gasteiger partial charge in [0.25, 0.3) is 0 Å². The van der Waals surface area contributed by atoms with Gasteiger partial charge in [-0.05, 0) is 43.0 Å². The number of amides is 2. The predicted molar refractivity (Wildman–Crippen MR) is 80.9 cm³/mol. The van der Waals surface area contributed by atoms with Gasteiger partial charge in [0.2, 0.25) is 11.8 Å². The number of rotatable bonds is 7. The highest BCUT2D eigenvalue weighted by atomic mass is 16.5. The van der Waals surface area contributed by atoms with Crippen molar-refractivity contribution >= 4 is 23.2 Å². The zero-order valence-electron chi connectivity index (χ0n) is 12.1. The van der Waals surface area contributed by atoms with Gasteiger partial charge >= 0.3 is 0 Å². The Balaban J connectivity index is 1.81. The Labute approximate surface area is 124 Å². The van der Waals surface area contributed by atoms with E-state index in [1.807, 2.05) is 0 Å². The molecule has 0 saturated heterocycles. The van der Waals surface area contributed by atoms with E-state index in [1.165, 1.54) is 7.11 Å². The van der Waals surface area contributed by atoms with Crippen molar-refractivity contribution in [3.05, 3.63) is 24.3 Å². The lowest BCUT2D eigenvalue weighted by Crippen LogP contribution is -2.28. The van der Waals surface area contributed by atoms with Crippen LogP contribution in [0.3, 0.4) is 0 Å². The third kappa shape index (κ3) is 5.17. The topological polar surface area (TPSA) is 93.5 Å². The van der Waals surface area contributed by atoms with Crippen molar-refractivity contribution in [2.45, 2.75) is 25.3 Å². The third-order valence-corrected chi connectivity index (χ3v) is 3.38. The molecule has 1 aliphatic carbocycles. The quantitative estimate of drug-likeness (QED) is 0.706. The van der Waals surface area contributed by atoms with E-state index in [2.05, 4.69) is 10.6 Å². The highest BCUT2D eigenvalue weighted by Crippen LogP contribution is 2.32. The minimum absolute atomic E-state index is 0.0115. The fourth-order valence-electron chi connectivity index (χ4n) is 2.08. The number of hydrogen-bond acceptors (Lipinski definition) is 4. The molecular formula is C15H21N3O3. The molecule has 1 fully saturated rings. The second-order valence-corrected chi connectivity index (χ2v) is 5.31. The highest BCUT2D eigenvalue weighted by molar-refractivity contribution is 5.93. The summed E-state index contributed by atoms with van der Waals surface area (Å²) < 4.78 is 4.73. The number of methoxy groups -OCH3 is 1. The lowest BCUT2D eigenvalue weighted by molar-refractivity contribution is -0.119. The summed E-state index contributed by atoms with van der Waals surface area (Å²) in [6.45, 7) is 0.0115. The molecule has 0 spiro atoms. The van der Waals surface area contributed by atoms with E-state index in [1.54, 1.807) is 24.3 Å². The number of benzene rings is 1. The Bertz CT molecular complexity index is 497. The lowest BCUT2D eigenvalue weighted by atomic mass is 10.1. The number of ether oxygens (including phenoxy) is 1. The third-order valence-electron chi connectivity index (χ3n) is 3.38. The molecule has 0 radical (unpaired) electrons. The van der Waals surface area contributed by atoms with Gasteiger partial charge in [0, 0.05) is 30.9 Å². The molecule has 4 N–H and O–H groups in total. The van der Waals surface area contributed by atoms with Gasteiger partial charge in [-0.2, -0.15) is 0 Å². The number of nitrogens with one attached hydrogen (secondary N) is 2. The second kappa shape index (κ2) is 7.19. The van der Waals surface area contributed by atoms with Gasteiger partial charge in [-0.15, -0.1) is 0 Å². The Morgan fingerprint density at radius 2 is 1.71 bits per heavy atom. The molecule has 21 heavy (non-hydrogen) atoms. The number of nitrogens with two attached hydrogens (primary N) is 1. The summed E-state index contributed by atoms with van der Waals surface area (Å²) in [6.07, 6.45) is 2.60. The van der Waals surface area contributed by atoms with E-state index < -0.39 is 0 Å². The zero-order chi connectivity index (χ0) is 15.2. The molecule has 1 saturated carbocycles. The molecule has 0 aliphatic heterocycles. The Kier molecular flexibility index (Phi) is 5.30. The summed E-state index contributed by atoms with van der Waals surface area (Å²) in [5, 5.41) is 5.49. The van der Waals surface area contributed by atoms with Crippen LogP contribution in [0.25, 0.3) is 0 Å². The van der Waals surface area contributed by atoms with E-state index in [0.29, 0.717) is 23.7 Å². The molecule has 2 rings (SSSR count).